The zero-order valence-corrected chi connectivity index (χ0v) is 12.4. The van der Waals surface area contributed by atoms with E-state index in [-0.39, 0.29) is 11.4 Å². The summed E-state index contributed by atoms with van der Waals surface area (Å²) in [5.41, 5.74) is 1.24. The summed E-state index contributed by atoms with van der Waals surface area (Å²) in [6.45, 7) is 0. The zero-order valence-electron chi connectivity index (χ0n) is 12.4. The Morgan fingerprint density at radius 3 is 2.32 bits per heavy atom. The van der Waals surface area contributed by atoms with Crippen LogP contribution in [-0.4, -0.2) is 20.0 Å². The van der Waals surface area contributed by atoms with E-state index in [1.165, 1.54) is 13.2 Å². The second-order valence-electron chi connectivity index (χ2n) is 4.48. The first-order chi connectivity index (χ1) is 10.7. The predicted molar refractivity (Wildman–Crippen MR) is 83.9 cm³/mol. The molecule has 0 bridgehead atoms. The summed E-state index contributed by atoms with van der Waals surface area (Å²) in [5.74, 6) is 0.825. The maximum Gasteiger partial charge on any atom is 0.203 e. The van der Waals surface area contributed by atoms with Gasteiger partial charge in [-0.2, -0.15) is 5.26 Å². The minimum atomic E-state index is -0.308. The summed E-state index contributed by atoms with van der Waals surface area (Å²) in [5, 5.41) is 9.25. The first kappa shape index (κ1) is 15.3. The van der Waals surface area contributed by atoms with Crippen LogP contribution in [0, 0.1) is 11.3 Å². The van der Waals surface area contributed by atoms with E-state index in [0.717, 1.165) is 0 Å². The van der Waals surface area contributed by atoms with Gasteiger partial charge in [-0.25, -0.2) is 0 Å². The predicted octanol–water partition coefficient (Wildman–Crippen LogP) is 3.49. The van der Waals surface area contributed by atoms with E-state index in [0.29, 0.717) is 22.6 Å². The molecule has 0 fully saturated rings. The molecule has 4 heteroatoms. The number of rotatable bonds is 5. The van der Waals surface area contributed by atoms with Gasteiger partial charge in [0.15, 0.2) is 11.5 Å². The highest BCUT2D eigenvalue weighted by molar-refractivity contribution is 6.14. The Morgan fingerprint density at radius 1 is 1.05 bits per heavy atom. The van der Waals surface area contributed by atoms with Crippen molar-refractivity contribution in [2.45, 2.75) is 0 Å². The Bertz CT molecular complexity index is 743. The summed E-state index contributed by atoms with van der Waals surface area (Å²) < 4.78 is 10.4. The lowest BCUT2D eigenvalue weighted by Crippen LogP contribution is -2.01. The van der Waals surface area contributed by atoms with Crippen LogP contribution in [0.3, 0.4) is 0 Å². The quantitative estimate of drug-likeness (QED) is 0.481. The van der Waals surface area contributed by atoms with Crippen molar-refractivity contribution in [1.29, 1.82) is 5.26 Å². The third kappa shape index (κ3) is 3.33. The molecule has 2 aromatic carbocycles. The van der Waals surface area contributed by atoms with Gasteiger partial charge in [0.25, 0.3) is 0 Å². The number of nitriles is 1. The first-order valence-corrected chi connectivity index (χ1v) is 6.63. The van der Waals surface area contributed by atoms with Crippen molar-refractivity contribution in [2.75, 3.05) is 14.2 Å². The van der Waals surface area contributed by atoms with E-state index in [1.807, 2.05) is 12.1 Å². The normalized spacial score (nSPS) is 10.7. The molecule has 0 spiro atoms. The number of allylic oxidation sites excluding steroid dienone is 1. The SMILES string of the molecule is COc1ccc(C=C(C#N)C(=O)c2ccccc2)cc1OC. The maximum atomic E-state index is 12.3. The molecule has 2 aromatic rings. The summed E-state index contributed by atoms with van der Waals surface area (Å²) in [6, 6.07) is 15.9. The molecule has 0 amide bonds. The van der Waals surface area contributed by atoms with E-state index in [2.05, 4.69) is 0 Å². The van der Waals surface area contributed by atoms with Crippen molar-refractivity contribution < 1.29 is 14.3 Å². The fourth-order valence-corrected chi connectivity index (χ4v) is 2.00. The van der Waals surface area contributed by atoms with Crippen LogP contribution < -0.4 is 9.47 Å². The molecule has 0 saturated carbocycles. The second kappa shape index (κ2) is 7.09. The minimum absolute atomic E-state index is 0.0680. The van der Waals surface area contributed by atoms with Gasteiger partial charge in [0, 0.05) is 5.56 Å². The molecular weight excluding hydrogens is 278 g/mol. The molecule has 110 valence electrons. The van der Waals surface area contributed by atoms with Crippen LogP contribution in [0.2, 0.25) is 0 Å². The van der Waals surface area contributed by atoms with Crippen LogP contribution in [0.15, 0.2) is 54.1 Å². The number of nitrogens with zero attached hydrogens (tertiary/aromatic N) is 1. The highest BCUT2D eigenvalue weighted by Gasteiger charge is 2.12. The minimum Gasteiger partial charge on any atom is -0.493 e. The van der Waals surface area contributed by atoms with Gasteiger partial charge in [-0.15, -0.1) is 0 Å². The lowest BCUT2D eigenvalue weighted by molar-refractivity contribution is 0.104. The molecule has 2 rings (SSSR count). The Morgan fingerprint density at radius 2 is 1.73 bits per heavy atom. The van der Waals surface area contributed by atoms with Crippen LogP contribution >= 0.6 is 0 Å². The summed E-state index contributed by atoms with van der Waals surface area (Å²) in [4.78, 5) is 12.3. The van der Waals surface area contributed by atoms with Gasteiger partial charge in [0.05, 0.1) is 14.2 Å². The molecule has 0 radical (unpaired) electrons. The molecule has 0 aliphatic rings. The average molecular weight is 293 g/mol. The van der Waals surface area contributed by atoms with Crippen LogP contribution in [0.25, 0.3) is 6.08 Å². The smallest absolute Gasteiger partial charge is 0.203 e. The summed E-state index contributed by atoms with van der Waals surface area (Å²) >= 11 is 0. The molecular formula is C18H15NO3. The van der Waals surface area contributed by atoms with Gasteiger partial charge < -0.3 is 9.47 Å². The molecule has 22 heavy (non-hydrogen) atoms. The highest BCUT2D eigenvalue weighted by atomic mass is 16.5. The lowest BCUT2D eigenvalue weighted by atomic mass is 10.0. The van der Waals surface area contributed by atoms with Gasteiger partial charge in [-0.05, 0) is 23.8 Å². The first-order valence-electron chi connectivity index (χ1n) is 6.63. The van der Waals surface area contributed by atoms with Crippen molar-refractivity contribution in [2.24, 2.45) is 0 Å². The zero-order chi connectivity index (χ0) is 15.9. The Hall–Kier alpha value is -3.06. The number of carbonyl (C=O) groups is 1. The molecule has 0 aliphatic carbocycles. The molecule has 0 saturated heterocycles. The van der Waals surface area contributed by atoms with E-state index in [9.17, 15) is 10.1 Å². The molecule has 0 heterocycles. The molecule has 0 aliphatic heterocycles. The van der Waals surface area contributed by atoms with Crippen LogP contribution in [0.1, 0.15) is 15.9 Å². The van der Waals surface area contributed by atoms with Crippen LogP contribution in [0.4, 0.5) is 0 Å². The van der Waals surface area contributed by atoms with E-state index >= 15 is 0 Å². The number of ketones is 1. The highest BCUT2D eigenvalue weighted by Crippen LogP contribution is 2.28. The monoisotopic (exact) mass is 293 g/mol. The van der Waals surface area contributed by atoms with Gasteiger partial charge in [0.2, 0.25) is 5.78 Å². The third-order valence-electron chi connectivity index (χ3n) is 3.12. The average Bonchev–Trinajstić information content (AvgIpc) is 2.59. The Kier molecular flexibility index (Phi) is 4.94. The second-order valence-corrected chi connectivity index (χ2v) is 4.48. The molecule has 0 N–H and O–H groups in total. The van der Waals surface area contributed by atoms with Crippen molar-refractivity contribution in [3.63, 3.8) is 0 Å². The summed E-state index contributed by atoms with van der Waals surface area (Å²) in [7, 11) is 3.08. The largest absolute Gasteiger partial charge is 0.493 e. The topological polar surface area (TPSA) is 59.3 Å². The van der Waals surface area contributed by atoms with Crippen molar-refractivity contribution in [1.82, 2.24) is 0 Å². The maximum absolute atomic E-state index is 12.3. The Balaban J connectivity index is 2.38. The fourth-order valence-electron chi connectivity index (χ4n) is 2.00. The lowest BCUT2D eigenvalue weighted by Gasteiger charge is -2.08. The van der Waals surface area contributed by atoms with Crippen LogP contribution in [0.5, 0.6) is 11.5 Å². The van der Waals surface area contributed by atoms with E-state index < -0.39 is 0 Å². The van der Waals surface area contributed by atoms with Gasteiger partial charge in [0.1, 0.15) is 11.6 Å². The molecule has 0 aromatic heterocycles. The van der Waals surface area contributed by atoms with Gasteiger partial charge in [-0.1, -0.05) is 36.4 Å². The van der Waals surface area contributed by atoms with Gasteiger partial charge >= 0.3 is 0 Å². The number of methoxy groups -OCH3 is 2. The number of ether oxygens (including phenoxy) is 2. The molecule has 0 atom stereocenters. The van der Waals surface area contributed by atoms with Crippen molar-refractivity contribution in [3.05, 3.63) is 65.2 Å². The third-order valence-corrected chi connectivity index (χ3v) is 3.12. The van der Waals surface area contributed by atoms with Crippen molar-refractivity contribution >= 4 is 11.9 Å². The standard InChI is InChI=1S/C18H15NO3/c1-21-16-9-8-13(11-17(16)22-2)10-15(12-19)18(20)14-6-4-3-5-7-14/h3-11H,1-2H3. The molecule has 0 unspecified atom stereocenters. The van der Waals surface area contributed by atoms with E-state index in [4.69, 9.17) is 9.47 Å². The number of Topliss-reactive ketones (excluding diaryl/α,β-unsaturated/α-hetero) is 1. The van der Waals surface area contributed by atoms with Gasteiger partial charge in [-0.3, -0.25) is 4.79 Å². The fraction of sp³-hybridized carbons (Fsp3) is 0.111. The summed E-state index contributed by atoms with van der Waals surface area (Å²) in [6.07, 6.45) is 1.54. The van der Waals surface area contributed by atoms with E-state index in [1.54, 1.807) is 49.6 Å². The number of carbonyl (C=O) groups excluding carboxylic acids is 1. The van der Waals surface area contributed by atoms with Crippen molar-refractivity contribution in [3.8, 4) is 17.6 Å². The van der Waals surface area contributed by atoms with Crippen LogP contribution in [-0.2, 0) is 0 Å². The number of hydrogen-bond donors (Lipinski definition) is 0. The number of hydrogen-bond acceptors (Lipinski definition) is 4. The molecule has 4 nitrogen and oxygen atoms in total. The number of benzene rings is 2. The Labute approximate surface area is 129 Å².